The summed E-state index contributed by atoms with van der Waals surface area (Å²) >= 11 is 0. The number of aryl methyl sites for hydroxylation is 1. The van der Waals surface area contributed by atoms with Gasteiger partial charge in [0.2, 0.25) is 0 Å². The van der Waals surface area contributed by atoms with Crippen molar-refractivity contribution in [1.29, 1.82) is 0 Å². The van der Waals surface area contributed by atoms with E-state index in [1.807, 2.05) is 30.3 Å². The van der Waals surface area contributed by atoms with Gasteiger partial charge >= 0.3 is 0 Å². The van der Waals surface area contributed by atoms with Gasteiger partial charge in [-0.15, -0.1) is 0 Å². The van der Waals surface area contributed by atoms with Gasteiger partial charge in [-0.25, -0.2) is 17.4 Å². The fourth-order valence-corrected chi connectivity index (χ4v) is 4.87. The van der Waals surface area contributed by atoms with Crippen LogP contribution in [0, 0.1) is 6.92 Å². The first kappa shape index (κ1) is 15.7. The van der Waals surface area contributed by atoms with Crippen LogP contribution in [0.1, 0.15) is 5.82 Å². The molecule has 3 aromatic carbocycles. The average Bonchev–Trinajstić information content (AvgIpc) is 2.97. The molecule has 0 aliphatic heterocycles. The third-order valence-corrected chi connectivity index (χ3v) is 6.11. The molecule has 0 fully saturated rings. The molecule has 0 aliphatic rings. The minimum atomic E-state index is -3.81. The van der Waals surface area contributed by atoms with Crippen molar-refractivity contribution in [2.24, 2.45) is 0 Å². The van der Waals surface area contributed by atoms with Crippen molar-refractivity contribution in [2.75, 3.05) is 7.11 Å². The maximum absolute atomic E-state index is 13.4. The zero-order valence-corrected chi connectivity index (χ0v) is 14.6. The number of imidazole rings is 1. The number of fused-ring (bicyclic) bond motifs is 2. The van der Waals surface area contributed by atoms with E-state index in [0.29, 0.717) is 28.0 Å². The van der Waals surface area contributed by atoms with Crippen molar-refractivity contribution < 1.29 is 13.2 Å². The predicted molar refractivity (Wildman–Crippen MR) is 97.6 cm³/mol. The second kappa shape index (κ2) is 5.60. The maximum Gasteiger partial charge on any atom is 0.270 e. The molecule has 0 amide bonds. The summed E-state index contributed by atoms with van der Waals surface area (Å²) in [6, 6.07) is 17.8. The predicted octanol–water partition coefficient (Wildman–Crippen LogP) is 3.74. The summed E-state index contributed by atoms with van der Waals surface area (Å²) in [5, 5.41) is 1.38. The van der Waals surface area contributed by atoms with Gasteiger partial charge in [0.15, 0.2) is 0 Å². The zero-order chi connectivity index (χ0) is 17.6. The Kier molecular flexibility index (Phi) is 3.51. The van der Waals surface area contributed by atoms with Gasteiger partial charge in [-0.05, 0) is 31.2 Å². The Hall–Kier alpha value is -2.86. The van der Waals surface area contributed by atoms with Gasteiger partial charge in [0, 0.05) is 10.8 Å². The Morgan fingerprint density at radius 3 is 2.36 bits per heavy atom. The SMILES string of the molecule is COc1ccc(S(=O)(=O)n2c(C)nc3ccccc32)c2ccccc12. The third kappa shape index (κ3) is 2.29. The van der Waals surface area contributed by atoms with Crippen molar-refractivity contribution >= 4 is 31.8 Å². The van der Waals surface area contributed by atoms with Crippen molar-refractivity contribution in [3.63, 3.8) is 0 Å². The number of nitrogens with zero attached hydrogens (tertiary/aromatic N) is 2. The van der Waals surface area contributed by atoms with Crippen LogP contribution >= 0.6 is 0 Å². The first-order valence-corrected chi connectivity index (χ1v) is 9.23. The van der Waals surface area contributed by atoms with Crippen molar-refractivity contribution in [2.45, 2.75) is 11.8 Å². The van der Waals surface area contributed by atoms with Crippen molar-refractivity contribution in [1.82, 2.24) is 8.96 Å². The van der Waals surface area contributed by atoms with Gasteiger partial charge in [-0.3, -0.25) is 0 Å². The van der Waals surface area contributed by atoms with E-state index in [1.54, 1.807) is 44.4 Å². The lowest BCUT2D eigenvalue weighted by molar-refractivity contribution is 0.419. The standard InChI is InChI=1S/C19H16N2O3S/c1-13-20-16-9-5-6-10-17(16)21(13)25(22,23)19-12-11-18(24-2)14-7-3-4-8-15(14)19/h3-12H,1-2H3. The Morgan fingerprint density at radius 2 is 1.60 bits per heavy atom. The lowest BCUT2D eigenvalue weighted by Gasteiger charge is -2.13. The van der Waals surface area contributed by atoms with Crippen LogP contribution in [-0.4, -0.2) is 24.5 Å². The number of hydrogen-bond acceptors (Lipinski definition) is 4. The fourth-order valence-electron chi connectivity index (χ4n) is 3.17. The van der Waals surface area contributed by atoms with Gasteiger partial charge in [-0.1, -0.05) is 36.4 Å². The van der Waals surface area contributed by atoms with Crippen LogP contribution < -0.4 is 4.74 Å². The molecule has 25 heavy (non-hydrogen) atoms. The lowest BCUT2D eigenvalue weighted by Crippen LogP contribution is -2.15. The van der Waals surface area contributed by atoms with Crippen LogP contribution in [0.25, 0.3) is 21.8 Å². The molecule has 0 aliphatic carbocycles. The molecule has 0 saturated carbocycles. The van der Waals surface area contributed by atoms with Gasteiger partial charge in [0.05, 0.1) is 23.0 Å². The fraction of sp³-hybridized carbons (Fsp3) is 0.105. The normalized spacial score (nSPS) is 11.9. The smallest absolute Gasteiger partial charge is 0.270 e. The zero-order valence-electron chi connectivity index (χ0n) is 13.8. The Morgan fingerprint density at radius 1 is 0.920 bits per heavy atom. The Balaban J connectivity index is 2.07. The van der Waals surface area contributed by atoms with E-state index in [-0.39, 0.29) is 4.90 Å². The lowest BCUT2D eigenvalue weighted by atomic mass is 10.1. The van der Waals surface area contributed by atoms with E-state index in [4.69, 9.17) is 4.74 Å². The van der Waals surface area contributed by atoms with E-state index in [2.05, 4.69) is 4.98 Å². The van der Waals surface area contributed by atoms with E-state index < -0.39 is 10.0 Å². The van der Waals surface area contributed by atoms with Gasteiger partial charge < -0.3 is 4.74 Å². The number of benzene rings is 3. The monoisotopic (exact) mass is 352 g/mol. The molecule has 4 aromatic rings. The Labute approximate surface area is 145 Å². The second-order valence-electron chi connectivity index (χ2n) is 5.73. The minimum absolute atomic E-state index is 0.232. The van der Waals surface area contributed by atoms with Crippen LogP contribution in [0.3, 0.4) is 0 Å². The molecule has 0 unspecified atom stereocenters. The molecule has 0 atom stereocenters. The van der Waals surface area contributed by atoms with Gasteiger partial charge in [-0.2, -0.15) is 0 Å². The molecular formula is C19H16N2O3S. The molecule has 0 bridgehead atoms. The van der Waals surface area contributed by atoms with Gasteiger partial charge in [0.1, 0.15) is 11.6 Å². The summed E-state index contributed by atoms with van der Waals surface area (Å²) in [6.45, 7) is 1.70. The van der Waals surface area contributed by atoms with Crippen LogP contribution in [0.15, 0.2) is 65.6 Å². The van der Waals surface area contributed by atoms with Gasteiger partial charge in [0.25, 0.3) is 10.0 Å². The van der Waals surface area contributed by atoms with Crippen LogP contribution in [0.5, 0.6) is 5.75 Å². The molecule has 0 spiro atoms. The quantitative estimate of drug-likeness (QED) is 0.563. The first-order chi connectivity index (χ1) is 12.0. The topological polar surface area (TPSA) is 61.2 Å². The maximum atomic E-state index is 13.4. The largest absolute Gasteiger partial charge is 0.496 e. The minimum Gasteiger partial charge on any atom is -0.496 e. The van der Waals surface area contributed by atoms with E-state index in [9.17, 15) is 8.42 Å². The number of ether oxygens (including phenoxy) is 1. The number of para-hydroxylation sites is 2. The molecule has 1 aromatic heterocycles. The molecule has 4 rings (SSSR count). The molecule has 1 heterocycles. The summed E-state index contributed by atoms with van der Waals surface area (Å²) in [7, 11) is -2.23. The summed E-state index contributed by atoms with van der Waals surface area (Å²) in [5.41, 5.74) is 1.22. The highest BCUT2D eigenvalue weighted by Crippen LogP contribution is 2.33. The number of rotatable bonds is 3. The molecule has 126 valence electrons. The molecule has 0 radical (unpaired) electrons. The summed E-state index contributed by atoms with van der Waals surface area (Å²) in [5.74, 6) is 1.07. The van der Waals surface area contributed by atoms with E-state index >= 15 is 0 Å². The molecule has 6 heteroatoms. The van der Waals surface area contributed by atoms with Crippen LogP contribution in [0.2, 0.25) is 0 Å². The molecule has 5 nitrogen and oxygen atoms in total. The first-order valence-electron chi connectivity index (χ1n) is 7.79. The summed E-state index contributed by atoms with van der Waals surface area (Å²) in [6.07, 6.45) is 0. The highest BCUT2D eigenvalue weighted by molar-refractivity contribution is 7.90. The highest BCUT2D eigenvalue weighted by Gasteiger charge is 2.25. The van der Waals surface area contributed by atoms with Crippen molar-refractivity contribution in [3.05, 3.63) is 66.5 Å². The summed E-state index contributed by atoms with van der Waals surface area (Å²) in [4.78, 5) is 4.61. The molecule has 0 N–H and O–H groups in total. The molecule has 0 saturated heterocycles. The van der Waals surface area contributed by atoms with Crippen LogP contribution in [-0.2, 0) is 10.0 Å². The van der Waals surface area contributed by atoms with Crippen molar-refractivity contribution in [3.8, 4) is 5.75 Å². The molecular weight excluding hydrogens is 336 g/mol. The number of aromatic nitrogens is 2. The third-order valence-electron chi connectivity index (χ3n) is 4.26. The Bertz CT molecular complexity index is 1210. The number of hydrogen-bond donors (Lipinski definition) is 0. The highest BCUT2D eigenvalue weighted by atomic mass is 32.2. The second-order valence-corrected chi connectivity index (χ2v) is 7.48. The average molecular weight is 352 g/mol. The van der Waals surface area contributed by atoms with E-state index in [1.165, 1.54) is 3.97 Å². The van der Waals surface area contributed by atoms with Crippen LogP contribution in [0.4, 0.5) is 0 Å². The summed E-state index contributed by atoms with van der Waals surface area (Å²) < 4.78 is 33.5. The number of methoxy groups -OCH3 is 1. The van der Waals surface area contributed by atoms with E-state index in [0.717, 1.165) is 5.39 Å².